The number of aryl methyl sites for hydroxylation is 3. The zero-order valence-electron chi connectivity index (χ0n) is 17.4. The number of rotatable bonds is 7. The molecule has 0 spiro atoms. The molecule has 0 aliphatic rings. The Hall–Kier alpha value is -3.78. The van der Waals surface area contributed by atoms with Crippen molar-refractivity contribution in [1.82, 2.24) is 5.32 Å². The Kier molecular flexibility index (Phi) is 6.71. The first-order chi connectivity index (χ1) is 14.5. The summed E-state index contributed by atoms with van der Waals surface area (Å²) >= 11 is 0. The number of nitrogens with zero attached hydrogens (tertiary/aromatic N) is 1. The highest BCUT2D eigenvalue weighted by Crippen LogP contribution is 2.20. The Morgan fingerprint density at radius 2 is 1.83 bits per heavy atom. The highest BCUT2D eigenvalue weighted by molar-refractivity contribution is 6.01. The molecule has 0 saturated heterocycles. The molecule has 0 fully saturated rings. The summed E-state index contributed by atoms with van der Waals surface area (Å²) in [5.74, 6) is 0.910. The summed E-state index contributed by atoms with van der Waals surface area (Å²) < 4.78 is 11.1. The van der Waals surface area contributed by atoms with Gasteiger partial charge < -0.3 is 14.5 Å². The molecule has 0 aliphatic heterocycles. The molecule has 5 heteroatoms. The number of carbonyl (C=O) groups is 1. The molecule has 1 N–H and O–H groups in total. The molecule has 3 rings (SSSR count). The number of hydrogen-bond donors (Lipinski definition) is 1. The lowest BCUT2D eigenvalue weighted by atomic mass is 10.0. The molecule has 2 aromatic carbocycles. The van der Waals surface area contributed by atoms with E-state index in [0.29, 0.717) is 12.4 Å². The molecule has 5 nitrogen and oxygen atoms in total. The maximum Gasteiger partial charge on any atom is 0.262 e. The molecule has 152 valence electrons. The molecule has 1 amide bonds. The van der Waals surface area contributed by atoms with Crippen LogP contribution in [0.5, 0.6) is 5.75 Å². The monoisotopic (exact) mass is 400 g/mol. The summed E-state index contributed by atoms with van der Waals surface area (Å²) in [7, 11) is 0. The third-order valence-corrected chi connectivity index (χ3v) is 4.78. The molecule has 1 aromatic heterocycles. The van der Waals surface area contributed by atoms with Crippen molar-refractivity contribution in [2.24, 2.45) is 0 Å². The number of nitriles is 1. The Bertz CT molecular complexity index is 1070. The molecule has 0 bridgehead atoms. The van der Waals surface area contributed by atoms with Gasteiger partial charge in [0.15, 0.2) is 0 Å². The molecule has 0 radical (unpaired) electrons. The summed E-state index contributed by atoms with van der Waals surface area (Å²) in [4.78, 5) is 12.2. The lowest BCUT2D eigenvalue weighted by molar-refractivity contribution is -0.117. The highest BCUT2D eigenvalue weighted by atomic mass is 16.5. The highest BCUT2D eigenvalue weighted by Gasteiger charge is 2.10. The number of nitrogens with one attached hydrogen (secondary N) is 1. The van der Waals surface area contributed by atoms with E-state index in [2.05, 4.69) is 38.2 Å². The lowest BCUT2D eigenvalue weighted by Crippen LogP contribution is -2.23. The maximum absolute atomic E-state index is 12.2. The summed E-state index contributed by atoms with van der Waals surface area (Å²) in [6.45, 7) is 6.99. The fourth-order valence-electron chi connectivity index (χ4n) is 3.24. The van der Waals surface area contributed by atoms with E-state index in [4.69, 9.17) is 9.15 Å². The predicted octanol–water partition coefficient (Wildman–Crippen LogP) is 5.01. The molecule has 1 heterocycles. The standard InChI is InChI=1S/C25H24N2O3/c1-17-11-18(2)24(19(3)12-17)16-30-22-8-6-20(7-9-22)13-21(14-26)25(28)27-15-23-5-4-10-29-23/h4-13H,15-16H2,1-3H3,(H,27,28)/b21-13+. The maximum atomic E-state index is 12.2. The average Bonchev–Trinajstić information content (AvgIpc) is 3.24. The Morgan fingerprint density at radius 1 is 1.13 bits per heavy atom. The van der Waals surface area contributed by atoms with E-state index in [-0.39, 0.29) is 12.1 Å². The fraction of sp³-hybridized carbons (Fsp3) is 0.200. The minimum Gasteiger partial charge on any atom is -0.489 e. The molecule has 0 saturated carbocycles. The smallest absolute Gasteiger partial charge is 0.262 e. The quantitative estimate of drug-likeness (QED) is 0.447. The van der Waals surface area contributed by atoms with Crippen LogP contribution in [0.4, 0.5) is 0 Å². The Morgan fingerprint density at radius 3 is 2.43 bits per heavy atom. The van der Waals surface area contributed by atoms with Gasteiger partial charge in [-0.3, -0.25) is 4.79 Å². The van der Waals surface area contributed by atoms with Crippen molar-refractivity contribution in [1.29, 1.82) is 5.26 Å². The van der Waals surface area contributed by atoms with Gasteiger partial charge in [-0.05, 0) is 73.4 Å². The second-order valence-electron chi connectivity index (χ2n) is 7.17. The Labute approximate surface area is 176 Å². The number of benzene rings is 2. The van der Waals surface area contributed by atoms with E-state index < -0.39 is 5.91 Å². The van der Waals surface area contributed by atoms with Crippen LogP contribution in [-0.2, 0) is 17.9 Å². The summed E-state index contributed by atoms with van der Waals surface area (Å²) in [6, 6.07) is 17.1. The van der Waals surface area contributed by atoms with Crippen LogP contribution in [0.25, 0.3) is 6.08 Å². The second kappa shape index (κ2) is 9.62. The van der Waals surface area contributed by atoms with Crippen molar-refractivity contribution in [2.45, 2.75) is 33.9 Å². The number of amides is 1. The van der Waals surface area contributed by atoms with Crippen molar-refractivity contribution >= 4 is 12.0 Å². The van der Waals surface area contributed by atoms with Gasteiger partial charge in [0.25, 0.3) is 5.91 Å². The van der Waals surface area contributed by atoms with E-state index >= 15 is 0 Å². The summed E-state index contributed by atoms with van der Waals surface area (Å²) in [6.07, 6.45) is 3.09. The lowest BCUT2D eigenvalue weighted by Gasteiger charge is -2.13. The van der Waals surface area contributed by atoms with Crippen LogP contribution in [0.1, 0.15) is 33.6 Å². The van der Waals surface area contributed by atoms with Gasteiger partial charge in [0.1, 0.15) is 29.8 Å². The second-order valence-corrected chi connectivity index (χ2v) is 7.17. The van der Waals surface area contributed by atoms with Crippen molar-refractivity contribution < 1.29 is 13.9 Å². The third-order valence-electron chi connectivity index (χ3n) is 4.78. The molecule has 30 heavy (non-hydrogen) atoms. The Balaban J connectivity index is 1.62. The number of furan rings is 1. The van der Waals surface area contributed by atoms with E-state index in [0.717, 1.165) is 11.3 Å². The normalized spacial score (nSPS) is 11.1. The van der Waals surface area contributed by atoms with Gasteiger partial charge >= 0.3 is 0 Å². The molecular formula is C25H24N2O3. The topological polar surface area (TPSA) is 75.3 Å². The largest absolute Gasteiger partial charge is 0.489 e. The molecule has 0 unspecified atom stereocenters. The van der Waals surface area contributed by atoms with E-state index in [1.807, 2.05) is 30.3 Å². The predicted molar refractivity (Wildman–Crippen MR) is 116 cm³/mol. The van der Waals surface area contributed by atoms with Crippen molar-refractivity contribution in [3.63, 3.8) is 0 Å². The zero-order chi connectivity index (χ0) is 21.5. The van der Waals surface area contributed by atoms with Crippen LogP contribution in [0.15, 0.2) is 64.8 Å². The van der Waals surface area contributed by atoms with Gasteiger partial charge in [-0.25, -0.2) is 0 Å². The van der Waals surface area contributed by atoms with Gasteiger partial charge in [0, 0.05) is 0 Å². The van der Waals surface area contributed by atoms with Crippen molar-refractivity contribution in [3.05, 3.63) is 93.9 Å². The van der Waals surface area contributed by atoms with Crippen LogP contribution in [0, 0.1) is 32.1 Å². The summed E-state index contributed by atoms with van der Waals surface area (Å²) in [5.41, 5.74) is 5.63. The number of carbonyl (C=O) groups excluding carboxylic acids is 1. The minimum atomic E-state index is -0.445. The number of hydrogen-bond acceptors (Lipinski definition) is 4. The molecule has 3 aromatic rings. The minimum absolute atomic E-state index is 0.0288. The van der Waals surface area contributed by atoms with E-state index in [1.165, 1.54) is 28.5 Å². The SMILES string of the molecule is Cc1cc(C)c(COc2ccc(/C=C(\C#N)C(=O)NCc3ccco3)cc2)c(C)c1. The van der Waals surface area contributed by atoms with Crippen LogP contribution in [0.2, 0.25) is 0 Å². The van der Waals surface area contributed by atoms with Crippen LogP contribution >= 0.6 is 0 Å². The first-order valence-corrected chi connectivity index (χ1v) is 9.68. The molecule has 0 atom stereocenters. The van der Waals surface area contributed by atoms with Crippen molar-refractivity contribution in [2.75, 3.05) is 0 Å². The van der Waals surface area contributed by atoms with Gasteiger partial charge in [-0.2, -0.15) is 5.26 Å². The first-order valence-electron chi connectivity index (χ1n) is 9.68. The first kappa shape index (κ1) is 20.9. The van der Waals surface area contributed by atoms with Crippen LogP contribution in [0.3, 0.4) is 0 Å². The summed E-state index contributed by atoms with van der Waals surface area (Å²) in [5, 5.41) is 12.0. The van der Waals surface area contributed by atoms with Crippen LogP contribution in [-0.4, -0.2) is 5.91 Å². The van der Waals surface area contributed by atoms with Gasteiger partial charge in [0.2, 0.25) is 0 Å². The van der Waals surface area contributed by atoms with Gasteiger partial charge in [0.05, 0.1) is 12.8 Å². The van der Waals surface area contributed by atoms with Crippen molar-refractivity contribution in [3.8, 4) is 11.8 Å². The average molecular weight is 400 g/mol. The fourth-order valence-corrected chi connectivity index (χ4v) is 3.24. The van der Waals surface area contributed by atoms with Gasteiger partial charge in [-0.1, -0.05) is 29.8 Å². The zero-order valence-corrected chi connectivity index (χ0v) is 17.4. The van der Waals surface area contributed by atoms with E-state index in [1.54, 1.807) is 18.2 Å². The van der Waals surface area contributed by atoms with Gasteiger partial charge in [-0.15, -0.1) is 0 Å². The van der Waals surface area contributed by atoms with E-state index in [9.17, 15) is 10.1 Å². The number of ether oxygens (including phenoxy) is 1. The molecular weight excluding hydrogens is 376 g/mol. The van der Waals surface area contributed by atoms with Crippen LogP contribution < -0.4 is 10.1 Å². The molecule has 0 aliphatic carbocycles. The third kappa shape index (κ3) is 5.39.